The molecule has 0 spiro atoms. The molecule has 0 saturated heterocycles. The summed E-state index contributed by atoms with van der Waals surface area (Å²) in [4.78, 5) is 18.4. The zero-order chi connectivity index (χ0) is 27.3. The molecule has 0 radical (unpaired) electrons. The Morgan fingerprint density at radius 1 is 0.974 bits per heavy atom. The van der Waals surface area contributed by atoms with Gasteiger partial charge in [-0.2, -0.15) is 13.2 Å². The van der Waals surface area contributed by atoms with Gasteiger partial charge in [-0.15, -0.1) is 0 Å². The highest BCUT2D eigenvalue weighted by molar-refractivity contribution is 5.78. The molecule has 0 saturated carbocycles. The van der Waals surface area contributed by atoms with Gasteiger partial charge >= 0.3 is 6.18 Å². The average Bonchev–Trinajstić information content (AvgIpc) is 2.90. The Hall–Kier alpha value is -3.49. The molecule has 0 aliphatic carbocycles. The molecule has 38 heavy (non-hydrogen) atoms. The van der Waals surface area contributed by atoms with Crippen LogP contribution in [0.4, 0.5) is 13.2 Å². The van der Waals surface area contributed by atoms with E-state index in [2.05, 4.69) is 5.32 Å². The summed E-state index contributed by atoms with van der Waals surface area (Å²) in [6, 6.07) is 22.6. The molecule has 4 rings (SSSR count). The Kier molecular flexibility index (Phi) is 8.64. The van der Waals surface area contributed by atoms with Gasteiger partial charge in [-0.1, -0.05) is 74.5 Å². The van der Waals surface area contributed by atoms with Crippen LogP contribution in [0.15, 0.2) is 83.7 Å². The fourth-order valence-corrected chi connectivity index (χ4v) is 4.75. The summed E-state index contributed by atoms with van der Waals surface area (Å²) < 4.78 is 42.1. The summed E-state index contributed by atoms with van der Waals surface area (Å²) in [6.45, 7) is 5.30. The van der Waals surface area contributed by atoms with E-state index < -0.39 is 11.7 Å². The van der Waals surface area contributed by atoms with Gasteiger partial charge in [-0.3, -0.25) is 9.36 Å². The number of hydrogen-bond donors (Lipinski definition) is 2. The lowest BCUT2D eigenvalue weighted by Crippen LogP contribution is -2.35. The third kappa shape index (κ3) is 6.31. The summed E-state index contributed by atoms with van der Waals surface area (Å²) in [6.07, 6.45) is -3.81. The van der Waals surface area contributed by atoms with Crippen LogP contribution in [0.2, 0.25) is 0 Å². The Morgan fingerprint density at radius 2 is 1.63 bits per heavy atom. The van der Waals surface area contributed by atoms with Crippen LogP contribution in [0.5, 0.6) is 0 Å². The number of nitrogens with zero attached hydrogens (tertiary/aromatic N) is 2. The van der Waals surface area contributed by atoms with E-state index in [0.29, 0.717) is 25.3 Å². The second-order valence-electron chi connectivity index (χ2n) is 9.88. The molecule has 0 amide bonds. The minimum Gasteiger partial charge on any atom is -0.330 e. The first-order valence-corrected chi connectivity index (χ1v) is 12.8. The van der Waals surface area contributed by atoms with E-state index in [4.69, 9.17) is 10.7 Å². The van der Waals surface area contributed by atoms with Gasteiger partial charge in [0.05, 0.1) is 23.0 Å². The van der Waals surface area contributed by atoms with Crippen molar-refractivity contribution >= 4 is 10.9 Å². The number of rotatable bonds is 10. The molecular formula is C30H33F3N4O. The molecule has 0 fully saturated rings. The van der Waals surface area contributed by atoms with Crippen molar-refractivity contribution in [3.8, 4) is 0 Å². The molecule has 200 valence electrons. The largest absolute Gasteiger partial charge is 0.416 e. The molecule has 3 N–H and O–H groups in total. The van der Waals surface area contributed by atoms with Crippen molar-refractivity contribution in [2.45, 2.75) is 44.9 Å². The van der Waals surface area contributed by atoms with Crippen LogP contribution in [-0.4, -0.2) is 22.6 Å². The zero-order valence-electron chi connectivity index (χ0n) is 21.6. The van der Waals surface area contributed by atoms with Crippen LogP contribution >= 0.6 is 0 Å². The maximum Gasteiger partial charge on any atom is 0.416 e. The molecule has 2 unspecified atom stereocenters. The number of benzene rings is 3. The monoisotopic (exact) mass is 522 g/mol. The first-order valence-electron chi connectivity index (χ1n) is 12.8. The van der Waals surface area contributed by atoms with Crippen molar-refractivity contribution in [2.75, 3.05) is 13.1 Å². The molecule has 4 aromatic rings. The molecule has 1 heterocycles. The van der Waals surface area contributed by atoms with Crippen LogP contribution in [0, 0.1) is 5.92 Å². The molecule has 2 atom stereocenters. The topological polar surface area (TPSA) is 72.9 Å². The van der Waals surface area contributed by atoms with Crippen molar-refractivity contribution < 1.29 is 13.2 Å². The average molecular weight is 523 g/mol. The minimum absolute atomic E-state index is 0.00552. The lowest BCUT2D eigenvalue weighted by atomic mass is 9.93. The van der Waals surface area contributed by atoms with Gasteiger partial charge in [0.1, 0.15) is 5.82 Å². The highest BCUT2D eigenvalue weighted by atomic mass is 19.4. The minimum atomic E-state index is -4.53. The zero-order valence-corrected chi connectivity index (χ0v) is 21.6. The normalized spacial score (nSPS) is 13.7. The summed E-state index contributed by atoms with van der Waals surface area (Å²) in [5.41, 5.74) is 6.78. The van der Waals surface area contributed by atoms with Crippen molar-refractivity contribution in [3.05, 3.63) is 112 Å². The van der Waals surface area contributed by atoms with Crippen molar-refractivity contribution in [1.82, 2.24) is 14.9 Å². The van der Waals surface area contributed by atoms with Crippen LogP contribution in [0.1, 0.15) is 54.7 Å². The molecule has 0 bridgehead atoms. The van der Waals surface area contributed by atoms with Gasteiger partial charge in [0.2, 0.25) is 0 Å². The number of nitrogens with two attached hydrogens (primary N) is 1. The van der Waals surface area contributed by atoms with E-state index in [-0.39, 0.29) is 40.9 Å². The quantitative estimate of drug-likeness (QED) is 0.273. The number of hydrogen-bond acceptors (Lipinski definition) is 4. The Bertz CT molecular complexity index is 1400. The van der Waals surface area contributed by atoms with E-state index in [1.165, 1.54) is 6.07 Å². The predicted octanol–water partition coefficient (Wildman–Crippen LogP) is 5.88. The van der Waals surface area contributed by atoms with Gasteiger partial charge in [0.15, 0.2) is 0 Å². The Morgan fingerprint density at radius 3 is 2.24 bits per heavy atom. The van der Waals surface area contributed by atoms with Crippen molar-refractivity contribution in [3.63, 3.8) is 0 Å². The molecular weight excluding hydrogens is 489 g/mol. The molecule has 5 nitrogen and oxygen atoms in total. The second kappa shape index (κ2) is 11.9. The number of aromatic nitrogens is 2. The maximum atomic E-state index is 13.7. The van der Waals surface area contributed by atoms with Crippen molar-refractivity contribution in [2.24, 2.45) is 11.7 Å². The SMILES string of the molecule is CC(C)C(CNC(CCN)c1ccccc1)c1nc2cc(C(F)(F)F)ccc2c(=O)n1Cc1ccccc1. The lowest BCUT2D eigenvalue weighted by Gasteiger charge is -2.28. The predicted molar refractivity (Wildman–Crippen MR) is 145 cm³/mol. The maximum absolute atomic E-state index is 13.7. The van der Waals surface area contributed by atoms with Gasteiger partial charge in [0.25, 0.3) is 5.56 Å². The molecule has 3 aromatic carbocycles. The fraction of sp³-hybridized carbons (Fsp3) is 0.333. The van der Waals surface area contributed by atoms with E-state index in [9.17, 15) is 18.0 Å². The molecule has 1 aromatic heterocycles. The van der Waals surface area contributed by atoms with Crippen LogP contribution in [0.3, 0.4) is 0 Å². The van der Waals surface area contributed by atoms with E-state index >= 15 is 0 Å². The summed E-state index contributed by atoms with van der Waals surface area (Å²) in [5.74, 6) is 0.274. The molecule has 0 aliphatic rings. The van der Waals surface area contributed by atoms with Gasteiger partial charge < -0.3 is 11.1 Å². The summed E-state index contributed by atoms with van der Waals surface area (Å²) in [7, 11) is 0. The first kappa shape index (κ1) is 27.5. The molecule has 0 aliphatic heterocycles. The highest BCUT2D eigenvalue weighted by Gasteiger charge is 2.31. The molecule has 8 heteroatoms. The third-order valence-electron chi connectivity index (χ3n) is 6.87. The van der Waals surface area contributed by atoms with E-state index in [1.807, 2.05) is 74.5 Å². The fourth-order valence-electron chi connectivity index (χ4n) is 4.75. The smallest absolute Gasteiger partial charge is 0.330 e. The van der Waals surface area contributed by atoms with Crippen molar-refractivity contribution in [1.29, 1.82) is 0 Å². The standard InChI is InChI=1S/C30H33F3N4O/c1-20(2)25(18-35-26(15-16-34)22-11-7-4-8-12-22)28-36-27-17-23(30(31,32)33)13-14-24(27)29(38)37(28)19-21-9-5-3-6-10-21/h3-14,17,20,25-26,35H,15-16,18-19,34H2,1-2H3. The Balaban J connectivity index is 1.80. The summed E-state index contributed by atoms with van der Waals surface area (Å²) >= 11 is 0. The lowest BCUT2D eigenvalue weighted by molar-refractivity contribution is -0.137. The second-order valence-corrected chi connectivity index (χ2v) is 9.88. The van der Waals surface area contributed by atoms with Crippen LogP contribution < -0.4 is 16.6 Å². The number of halogens is 3. The van der Waals surface area contributed by atoms with Gasteiger partial charge in [-0.05, 0) is 48.2 Å². The highest BCUT2D eigenvalue weighted by Crippen LogP contribution is 2.32. The first-order chi connectivity index (χ1) is 18.2. The number of alkyl halides is 3. The number of fused-ring (bicyclic) bond motifs is 1. The van der Waals surface area contributed by atoms with E-state index in [0.717, 1.165) is 23.3 Å². The van der Waals surface area contributed by atoms with Crippen LogP contribution in [-0.2, 0) is 12.7 Å². The third-order valence-corrected chi connectivity index (χ3v) is 6.87. The number of nitrogens with one attached hydrogen (secondary N) is 1. The van der Waals surface area contributed by atoms with Crippen LogP contribution in [0.25, 0.3) is 10.9 Å². The van der Waals surface area contributed by atoms with Gasteiger partial charge in [0, 0.05) is 18.5 Å². The summed E-state index contributed by atoms with van der Waals surface area (Å²) in [5, 5.41) is 3.76. The Labute approximate surface area is 220 Å². The van der Waals surface area contributed by atoms with E-state index in [1.54, 1.807) is 4.57 Å². The van der Waals surface area contributed by atoms with Gasteiger partial charge in [-0.25, -0.2) is 4.98 Å².